The minimum absolute atomic E-state index is 0.150. The highest BCUT2D eigenvalue weighted by atomic mass is 127. The Balaban J connectivity index is 0.000000209. The summed E-state index contributed by atoms with van der Waals surface area (Å²) in [6, 6.07) is 25.2. The molecular weight excluding hydrogens is 1040 g/mol. The number of aromatic hydroxyl groups is 1. The van der Waals surface area contributed by atoms with Crippen LogP contribution in [0.5, 0.6) is 17.2 Å². The molecule has 1 heterocycles. The SMILES string of the molecule is N#Cc1ccc(C(c2ccc(C#N)cc2)n2cncn2)cc1.N[C@@H](Cc1cc(I)c(Oc2cc(I)c(O)c(I)c2)c(I)c1)C(=O)O. The third kappa shape index (κ3) is 9.27. The molecule has 5 aromatic rings. The number of carboxylic acids is 1. The van der Waals surface area contributed by atoms with Crippen LogP contribution in [-0.2, 0) is 11.2 Å². The Morgan fingerprint density at radius 2 is 1.37 bits per heavy atom. The summed E-state index contributed by atoms with van der Waals surface area (Å²) in [6.07, 6.45) is 3.40. The summed E-state index contributed by atoms with van der Waals surface area (Å²) in [5, 5.41) is 40.8. The van der Waals surface area contributed by atoms with Crippen LogP contribution >= 0.6 is 90.4 Å². The second-order valence-electron chi connectivity index (χ2n) is 9.62. The van der Waals surface area contributed by atoms with E-state index in [1.807, 2.05) is 36.4 Å². The number of phenolic OH excluding ortho intramolecular Hbond substituents is 1. The first-order chi connectivity index (χ1) is 22.0. The first kappa shape index (κ1) is 35.8. The number of hydrogen-bond donors (Lipinski definition) is 3. The Morgan fingerprint density at radius 3 is 1.78 bits per heavy atom. The number of benzene rings is 4. The van der Waals surface area contributed by atoms with Gasteiger partial charge in [0, 0.05) is 0 Å². The molecule has 0 amide bonds. The molecule has 1 aromatic heterocycles. The zero-order valence-corrected chi connectivity index (χ0v) is 32.1. The van der Waals surface area contributed by atoms with Gasteiger partial charge in [0.2, 0.25) is 0 Å². The number of rotatable bonds is 8. The number of halogens is 4. The second-order valence-corrected chi connectivity index (χ2v) is 14.3. The summed E-state index contributed by atoms with van der Waals surface area (Å²) >= 11 is 8.42. The molecule has 0 bridgehead atoms. The van der Waals surface area contributed by atoms with Gasteiger partial charge < -0.3 is 20.7 Å². The van der Waals surface area contributed by atoms with Gasteiger partial charge in [-0.3, -0.25) is 4.79 Å². The average molecular weight is 1060 g/mol. The number of phenols is 1. The first-order valence-corrected chi connectivity index (χ1v) is 17.5. The molecule has 0 aliphatic heterocycles. The quantitative estimate of drug-likeness (QED) is 0.136. The van der Waals surface area contributed by atoms with Crippen molar-refractivity contribution in [1.82, 2.24) is 14.8 Å². The number of nitriles is 2. The van der Waals surface area contributed by atoms with Crippen LogP contribution in [0.25, 0.3) is 0 Å². The fraction of sp³-hybridized carbons (Fsp3) is 0.0938. The smallest absolute Gasteiger partial charge is 0.320 e. The maximum absolute atomic E-state index is 10.9. The molecule has 0 unspecified atom stereocenters. The van der Waals surface area contributed by atoms with Crippen molar-refractivity contribution >= 4 is 96.3 Å². The lowest BCUT2D eigenvalue weighted by molar-refractivity contribution is -0.138. The molecule has 5 rings (SSSR count). The number of aromatic nitrogens is 3. The van der Waals surface area contributed by atoms with E-state index in [4.69, 9.17) is 26.1 Å². The number of nitrogens with two attached hydrogens (primary N) is 1. The van der Waals surface area contributed by atoms with Gasteiger partial charge in [0.25, 0.3) is 0 Å². The van der Waals surface area contributed by atoms with Crippen molar-refractivity contribution < 1.29 is 19.7 Å². The van der Waals surface area contributed by atoms with Gasteiger partial charge in [0.05, 0.1) is 37.5 Å². The largest absolute Gasteiger partial charge is 0.506 e. The van der Waals surface area contributed by atoms with Crippen molar-refractivity contribution in [2.45, 2.75) is 18.5 Å². The molecule has 0 aliphatic carbocycles. The monoisotopic (exact) mass is 1060 g/mol. The van der Waals surface area contributed by atoms with Crippen LogP contribution in [0.1, 0.15) is 33.9 Å². The molecule has 14 heteroatoms. The van der Waals surface area contributed by atoms with Gasteiger partial charge >= 0.3 is 5.97 Å². The first-order valence-electron chi connectivity index (χ1n) is 13.2. The van der Waals surface area contributed by atoms with Crippen molar-refractivity contribution in [3.05, 3.63) is 128 Å². The van der Waals surface area contributed by atoms with Gasteiger partial charge in [-0.15, -0.1) is 0 Å². The fourth-order valence-corrected chi connectivity index (χ4v) is 8.04. The number of carbonyl (C=O) groups is 1. The van der Waals surface area contributed by atoms with Crippen LogP contribution in [0.4, 0.5) is 0 Å². The lowest BCUT2D eigenvalue weighted by Crippen LogP contribution is -2.32. The topological polar surface area (TPSA) is 171 Å². The van der Waals surface area contributed by atoms with Crippen LogP contribution in [0.3, 0.4) is 0 Å². The molecule has 0 saturated carbocycles. The Kier molecular flexibility index (Phi) is 13.0. The van der Waals surface area contributed by atoms with Crippen LogP contribution in [0.15, 0.2) is 85.5 Å². The second kappa shape index (κ2) is 16.7. The Hall–Kier alpha value is -3.05. The van der Waals surface area contributed by atoms with Crippen molar-refractivity contribution in [3.63, 3.8) is 0 Å². The predicted octanol–water partition coefficient (Wildman–Crippen LogP) is 7.22. The lowest BCUT2D eigenvalue weighted by atomic mass is 9.97. The number of nitrogens with zero attached hydrogens (tertiary/aromatic N) is 5. The minimum Gasteiger partial charge on any atom is -0.506 e. The summed E-state index contributed by atoms with van der Waals surface area (Å²) in [7, 11) is 0. The molecular formula is C32H22I4N6O4. The van der Waals surface area contributed by atoms with Gasteiger partial charge in [-0.25, -0.2) is 9.67 Å². The molecule has 0 spiro atoms. The highest BCUT2D eigenvalue weighted by Crippen LogP contribution is 2.37. The van der Waals surface area contributed by atoms with E-state index in [0.29, 0.717) is 29.8 Å². The highest BCUT2D eigenvalue weighted by Gasteiger charge is 2.18. The molecule has 10 nitrogen and oxygen atoms in total. The van der Waals surface area contributed by atoms with Crippen molar-refractivity contribution in [1.29, 1.82) is 10.5 Å². The molecule has 4 aromatic carbocycles. The minimum atomic E-state index is -1.02. The molecule has 1 atom stereocenters. The molecule has 232 valence electrons. The summed E-state index contributed by atoms with van der Waals surface area (Å²) in [6.45, 7) is 0. The maximum atomic E-state index is 10.9. The summed E-state index contributed by atoms with van der Waals surface area (Å²) < 4.78 is 10.9. The van der Waals surface area contributed by atoms with E-state index in [2.05, 4.69) is 113 Å². The van der Waals surface area contributed by atoms with Crippen LogP contribution in [0.2, 0.25) is 0 Å². The molecule has 0 aliphatic rings. The Morgan fingerprint density at radius 1 is 0.870 bits per heavy atom. The Labute approximate surface area is 319 Å². The molecule has 4 N–H and O–H groups in total. The molecule has 0 radical (unpaired) electrons. The van der Waals surface area contributed by atoms with Gasteiger partial charge in [0.1, 0.15) is 36.2 Å². The highest BCUT2D eigenvalue weighted by molar-refractivity contribution is 14.1. The van der Waals surface area contributed by atoms with E-state index >= 15 is 0 Å². The normalized spacial score (nSPS) is 11.1. The number of carboxylic acid groups (broad SMARTS) is 1. The van der Waals surface area contributed by atoms with Crippen LogP contribution in [0, 0.1) is 36.9 Å². The molecule has 0 saturated heterocycles. The third-order valence-electron chi connectivity index (χ3n) is 6.45. The summed E-state index contributed by atoms with van der Waals surface area (Å²) in [5.74, 6) is 0.549. The van der Waals surface area contributed by atoms with Crippen molar-refractivity contribution in [2.24, 2.45) is 5.73 Å². The molecule has 0 fully saturated rings. The fourth-order valence-electron chi connectivity index (χ4n) is 4.22. The van der Waals surface area contributed by atoms with E-state index in [1.54, 1.807) is 47.4 Å². The maximum Gasteiger partial charge on any atom is 0.320 e. The van der Waals surface area contributed by atoms with E-state index < -0.39 is 12.0 Å². The van der Waals surface area contributed by atoms with Crippen molar-refractivity contribution in [3.8, 4) is 29.4 Å². The summed E-state index contributed by atoms with van der Waals surface area (Å²) in [5.41, 5.74) is 9.66. The zero-order chi connectivity index (χ0) is 33.4. The number of hydrogen-bond acceptors (Lipinski definition) is 8. The van der Waals surface area contributed by atoms with Gasteiger partial charge in [0.15, 0.2) is 5.75 Å². The van der Waals surface area contributed by atoms with Gasteiger partial charge in [-0.05, 0) is 162 Å². The number of ether oxygens (including phenoxy) is 1. The number of aliphatic carboxylic acids is 1. The van der Waals surface area contributed by atoms with E-state index in [0.717, 1.165) is 23.8 Å². The third-order valence-corrected chi connectivity index (χ3v) is 9.70. The summed E-state index contributed by atoms with van der Waals surface area (Å²) in [4.78, 5) is 14.9. The lowest BCUT2D eigenvalue weighted by Gasteiger charge is -2.18. The molecule has 46 heavy (non-hydrogen) atoms. The van der Waals surface area contributed by atoms with Crippen LogP contribution < -0.4 is 10.5 Å². The van der Waals surface area contributed by atoms with E-state index in [9.17, 15) is 9.90 Å². The van der Waals surface area contributed by atoms with E-state index in [1.165, 1.54) is 6.33 Å². The van der Waals surface area contributed by atoms with Gasteiger partial charge in [-0.2, -0.15) is 15.6 Å². The van der Waals surface area contributed by atoms with Gasteiger partial charge in [-0.1, -0.05) is 24.3 Å². The zero-order valence-electron chi connectivity index (χ0n) is 23.5. The average Bonchev–Trinajstić information content (AvgIpc) is 3.57. The van der Waals surface area contributed by atoms with E-state index in [-0.39, 0.29) is 18.2 Å². The standard InChI is InChI=1S/C17H11N5.C15H11I4NO4/c18-9-13-1-5-15(6-2-13)17(22-12-20-11-21-22)16-7-3-14(10-19)4-8-16;16-8-4-7(5-9(17)13(8)21)24-14-10(18)1-6(2-11(14)19)3-12(20)15(22)23/h1-8,11-12,17H;1-2,4-5,12,21H,3,20H2,(H,22,23)/t;12-/m.0/s1. The van der Waals surface area contributed by atoms with Crippen LogP contribution in [-0.4, -0.2) is 37.0 Å². The predicted molar refractivity (Wildman–Crippen MR) is 204 cm³/mol. The van der Waals surface area contributed by atoms with Crippen molar-refractivity contribution in [2.75, 3.05) is 0 Å². The Bertz CT molecular complexity index is 1820.